The molecule has 7 heteroatoms. The second-order valence-corrected chi connectivity index (χ2v) is 6.06. The van der Waals surface area contributed by atoms with Crippen molar-refractivity contribution in [1.82, 2.24) is 5.32 Å². The van der Waals surface area contributed by atoms with E-state index in [1.807, 2.05) is 23.8 Å². The summed E-state index contributed by atoms with van der Waals surface area (Å²) >= 11 is 1.57. The second kappa shape index (κ2) is 9.58. The number of amides is 2. The van der Waals surface area contributed by atoms with Gasteiger partial charge >= 0.3 is 5.97 Å². The van der Waals surface area contributed by atoms with Gasteiger partial charge in [0.1, 0.15) is 0 Å². The molecule has 0 saturated carbocycles. The first kappa shape index (κ1) is 18.7. The van der Waals surface area contributed by atoms with Crippen LogP contribution in [0, 0.1) is 0 Å². The van der Waals surface area contributed by atoms with Gasteiger partial charge in [-0.3, -0.25) is 14.4 Å². The Hall–Kier alpha value is -2.67. The summed E-state index contributed by atoms with van der Waals surface area (Å²) in [7, 11) is 0. The molecule has 0 atom stereocenters. The van der Waals surface area contributed by atoms with E-state index >= 15 is 0 Å². The summed E-state index contributed by atoms with van der Waals surface area (Å²) in [6, 6.07) is 8.52. The van der Waals surface area contributed by atoms with Crippen LogP contribution in [-0.2, 0) is 20.7 Å². The summed E-state index contributed by atoms with van der Waals surface area (Å²) in [4.78, 5) is 35.3. The molecule has 0 bridgehead atoms. The van der Waals surface area contributed by atoms with Crippen molar-refractivity contribution >= 4 is 34.8 Å². The summed E-state index contributed by atoms with van der Waals surface area (Å²) in [5.74, 6) is -1.08. The number of rotatable bonds is 8. The predicted octanol–water partition coefficient (Wildman–Crippen LogP) is 2.61. The number of aryl methyl sites for hydroxylation is 1. The fraction of sp³-hybridized carbons (Fsp3) is 0.278. The summed E-state index contributed by atoms with van der Waals surface area (Å²) in [6.07, 6.45) is 0.829. The molecule has 0 aliphatic carbocycles. The number of thiophene rings is 1. The van der Waals surface area contributed by atoms with Gasteiger partial charge in [-0.2, -0.15) is 11.3 Å². The van der Waals surface area contributed by atoms with Crippen molar-refractivity contribution in [3.63, 3.8) is 0 Å². The van der Waals surface area contributed by atoms with E-state index in [9.17, 15) is 14.4 Å². The first-order valence-electron chi connectivity index (χ1n) is 7.93. The van der Waals surface area contributed by atoms with Crippen LogP contribution in [0.4, 0.5) is 5.69 Å². The van der Waals surface area contributed by atoms with Gasteiger partial charge in [0.25, 0.3) is 11.8 Å². The average molecular weight is 360 g/mol. The van der Waals surface area contributed by atoms with E-state index in [2.05, 4.69) is 10.6 Å². The van der Waals surface area contributed by atoms with Crippen molar-refractivity contribution in [2.45, 2.75) is 19.8 Å². The highest BCUT2D eigenvalue weighted by molar-refractivity contribution is 7.07. The molecule has 25 heavy (non-hydrogen) atoms. The van der Waals surface area contributed by atoms with E-state index in [0.29, 0.717) is 24.2 Å². The number of benzene rings is 1. The van der Waals surface area contributed by atoms with Gasteiger partial charge in [-0.05, 0) is 53.9 Å². The topological polar surface area (TPSA) is 84.5 Å². The van der Waals surface area contributed by atoms with Gasteiger partial charge < -0.3 is 15.4 Å². The summed E-state index contributed by atoms with van der Waals surface area (Å²) in [5, 5.41) is 9.22. The number of ether oxygens (including phenoxy) is 1. The zero-order chi connectivity index (χ0) is 18.1. The third-order valence-corrected chi connectivity index (χ3v) is 4.04. The van der Waals surface area contributed by atoms with Crippen LogP contribution >= 0.6 is 11.3 Å². The molecule has 0 spiro atoms. The van der Waals surface area contributed by atoms with Gasteiger partial charge in [0.15, 0.2) is 6.61 Å². The van der Waals surface area contributed by atoms with Crippen molar-refractivity contribution < 1.29 is 19.1 Å². The highest BCUT2D eigenvalue weighted by Gasteiger charge is 2.10. The van der Waals surface area contributed by atoms with E-state index in [1.54, 1.807) is 35.6 Å². The zero-order valence-corrected chi connectivity index (χ0v) is 14.7. The van der Waals surface area contributed by atoms with Crippen molar-refractivity contribution in [3.05, 3.63) is 52.2 Å². The maximum Gasteiger partial charge on any atom is 0.306 e. The molecule has 2 rings (SSSR count). The van der Waals surface area contributed by atoms with Gasteiger partial charge in [-0.25, -0.2) is 0 Å². The molecule has 1 aromatic heterocycles. The molecule has 1 aromatic carbocycles. The number of hydrogen-bond acceptors (Lipinski definition) is 5. The second-order valence-electron chi connectivity index (χ2n) is 5.28. The quantitative estimate of drug-likeness (QED) is 0.709. The zero-order valence-electron chi connectivity index (χ0n) is 13.9. The number of carbonyl (C=O) groups is 3. The van der Waals surface area contributed by atoms with Gasteiger partial charge in [0, 0.05) is 24.2 Å². The van der Waals surface area contributed by atoms with Crippen LogP contribution in [-0.4, -0.2) is 30.9 Å². The van der Waals surface area contributed by atoms with Crippen LogP contribution in [0.5, 0.6) is 0 Å². The minimum Gasteiger partial charge on any atom is -0.456 e. The molecule has 2 amide bonds. The van der Waals surface area contributed by atoms with E-state index in [0.717, 1.165) is 5.56 Å². The fourth-order valence-corrected chi connectivity index (χ4v) is 2.80. The number of carbonyl (C=O) groups excluding carboxylic acids is 3. The molecule has 6 nitrogen and oxygen atoms in total. The lowest BCUT2D eigenvalue weighted by atomic mass is 10.2. The molecular weight excluding hydrogens is 340 g/mol. The Balaban J connectivity index is 1.77. The lowest BCUT2D eigenvalue weighted by Gasteiger charge is -2.08. The third kappa shape index (κ3) is 6.39. The van der Waals surface area contributed by atoms with Crippen LogP contribution in [0.3, 0.4) is 0 Å². The Kier molecular flexibility index (Phi) is 7.16. The summed E-state index contributed by atoms with van der Waals surface area (Å²) in [6.45, 7) is 2.00. The highest BCUT2D eigenvalue weighted by atomic mass is 32.1. The molecule has 1 heterocycles. The van der Waals surface area contributed by atoms with E-state index in [-0.39, 0.29) is 18.9 Å². The molecule has 2 N–H and O–H groups in total. The Morgan fingerprint density at radius 2 is 2.04 bits per heavy atom. The van der Waals surface area contributed by atoms with Gasteiger partial charge in [-0.15, -0.1) is 0 Å². The Labute approximate surface area is 150 Å². The van der Waals surface area contributed by atoms with Crippen molar-refractivity contribution in [2.24, 2.45) is 0 Å². The third-order valence-electron chi connectivity index (χ3n) is 3.31. The maximum absolute atomic E-state index is 11.9. The molecule has 0 unspecified atom stereocenters. The molecule has 132 valence electrons. The van der Waals surface area contributed by atoms with Crippen LogP contribution in [0.2, 0.25) is 0 Å². The molecule has 0 radical (unpaired) electrons. The molecule has 0 aliphatic rings. The molecule has 0 fully saturated rings. The molecule has 0 saturated heterocycles. The highest BCUT2D eigenvalue weighted by Crippen LogP contribution is 2.11. The lowest BCUT2D eigenvalue weighted by Crippen LogP contribution is -2.23. The molecule has 0 aliphatic heterocycles. The van der Waals surface area contributed by atoms with E-state index < -0.39 is 11.9 Å². The summed E-state index contributed by atoms with van der Waals surface area (Å²) in [5.41, 5.74) is 2.00. The average Bonchev–Trinajstić information content (AvgIpc) is 3.12. The minimum absolute atomic E-state index is 0.210. The molecular formula is C18H20N2O4S. The van der Waals surface area contributed by atoms with Crippen LogP contribution in [0.25, 0.3) is 0 Å². The first-order chi connectivity index (χ1) is 12.1. The Bertz CT molecular complexity index is 728. The lowest BCUT2D eigenvalue weighted by molar-refractivity contribution is -0.147. The largest absolute Gasteiger partial charge is 0.456 e. The van der Waals surface area contributed by atoms with Crippen molar-refractivity contribution in [3.8, 4) is 0 Å². The first-order valence-corrected chi connectivity index (χ1v) is 8.87. The van der Waals surface area contributed by atoms with E-state index in [4.69, 9.17) is 4.74 Å². The predicted molar refractivity (Wildman–Crippen MR) is 96.7 cm³/mol. The normalized spacial score (nSPS) is 10.1. The van der Waals surface area contributed by atoms with Crippen LogP contribution < -0.4 is 10.6 Å². The fourth-order valence-electron chi connectivity index (χ4n) is 2.10. The minimum atomic E-state index is -0.447. The smallest absolute Gasteiger partial charge is 0.306 e. The number of hydrogen-bond donors (Lipinski definition) is 2. The molecule has 2 aromatic rings. The Morgan fingerprint density at radius 3 is 2.76 bits per heavy atom. The van der Waals surface area contributed by atoms with Gasteiger partial charge in [-0.1, -0.05) is 6.07 Å². The Morgan fingerprint density at radius 1 is 1.20 bits per heavy atom. The maximum atomic E-state index is 11.9. The van der Waals surface area contributed by atoms with Crippen LogP contribution in [0.15, 0.2) is 41.1 Å². The van der Waals surface area contributed by atoms with Crippen molar-refractivity contribution in [1.29, 1.82) is 0 Å². The standard InChI is InChI=1S/C18H20N2O4S/c1-2-19-18(23)14-4-3-5-15(10-14)20-16(21)11-24-17(22)7-6-13-8-9-25-12-13/h3-5,8-10,12H,2,6-7,11H2,1H3,(H,19,23)(H,20,21). The SMILES string of the molecule is CCNC(=O)c1cccc(NC(=O)COC(=O)CCc2ccsc2)c1. The van der Waals surface area contributed by atoms with E-state index in [1.165, 1.54) is 0 Å². The number of nitrogens with one attached hydrogen (secondary N) is 2. The number of esters is 1. The monoisotopic (exact) mass is 360 g/mol. The van der Waals surface area contributed by atoms with Gasteiger partial charge in [0.05, 0.1) is 0 Å². The number of anilines is 1. The van der Waals surface area contributed by atoms with Crippen molar-refractivity contribution in [2.75, 3.05) is 18.5 Å². The van der Waals surface area contributed by atoms with Gasteiger partial charge in [0.2, 0.25) is 0 Å². The summed E-state index contributed by atoms with van der Waals surface area (Å²) < 4.78 is 4.96. The van der Waals surface area contributed by atoms with Crippen LogP contribution in [0.1, 0.15) is 29.3 Å².